The SMILES string of the molecule is CCn1c(=O)[nH]c(=O)c2c(N)ccnc21. The van der Waals surface area contributed by atoms with E-state index in [1.165, 1.54) is 16.8 Å². The molecule has 0 spiro atoms. The molecular weight excluding hydrogens is 196 g/mol. The van der Waals surface area contributed by atoms with Crippen molar-refractivity contribution in [2.75, 3.05) is 5.73 Å². The Morgan fingerprint density at radius 1 is 1.53 bits per heavy atom. The summed E-state index contributed by atoms with van der Waals surface area (Å²) in [7, 11) is 0. The smallest absolute Gasteiger partial charge is 0.329 e. The normalized spacial score (nSPS) is 10.7. The quantitative estimate of drug-likeness (QED) is 0.669. The summed E-state index contributed by atoms with van der Waals surface area (Å²) in [4.78, 5) is 29.1. The molecule has 0 amide bonds. The molecule has 78 valence electrons. The molecule has 2 aromatic heterocycles. The van der Waals surface area contributed by atoms with Crippen LogP contribution in [0.15, 0.2) is 21.9 Å². The number of anilines is 1. The number of nitrogen functional groups attached to an aromatic ring is 1. The Hall–Kier alpha value is -2.11. The minimum absolute atomic E-state index is 0.263. The molecule has 15 heavy (non-hydrogen) atoms. The highest BCUT2D eigenvalue weighted by Gasteiger charge is 2.09. The van der Waals surface area contributed by atoms with Gasteiger partial charge in [-0.2, -0.15) is 0 Å². The van der Waals surface area contributed by atoms with Gasteiger partial charge in [-0.1, -0.05) is 0 Å². The number of H-pyrrole nitrogens is 1. The fraction of sp³-hybridized carbons (Fsp3) is 0.222. The summed E-state index contributed by atoms with van der Waals surface area (Å²) in [6.45, 7) is 2.23. The van der Waals surface area contributed by atoms with Crippen molar-refractivity contribution in [3.63, 3.8) is 0 Å². The van der Waals surface area contributed by atoms with Crippen LogP contribution >= 0.6 is 0 Å². The molecule has 0 aromatic carbocycles. The molecule has 0 bridgehead atoms. The van der Waals surface area contributed by atoms with Gasteiger partial charge >= 0.3 is 5.69 Å². The molecule has 0 fully saturated rings. The largest absolute Gasteiger partial charge is 0.398 e. The number of aromatic nitrogens is 3. The van der Waals surface area contributed by atoms with Crippen LogP contribution in [0.5, 0.6) is 0 Å². The third-order valence-electron chi connectivity index (χ3n) is 2.23. The van der Waals surface area contributed by atoms with Gasteiger partial charge in [-0.3, -0.25) is 14.3 Å². The minimum atomic E-state index is -0.495. The maximum atomic E-state index is 11.5. The second-order valence-electron chi connectivity index (χ2n) is 3.10. The number of nitrogens with zero attached hydrogens (tertiary/aromatic N) is 2. The molecule has 2 rings (SSSR count). The molecule has 3 N–H and O–H groups in total. The molecule has 0 aliphatic carbocycles. The molecule has 0 saturated heterocycles. The number of hydrogen-bond acceptors (Lipinski definition) is 4. The molecule has 0 atom stereocenters. The van der Waals surface area contributed by atoms with Crippen LogP contribution in [0, 0.1) is 0 Å². The predicted octanol–water partition coefficient (Wildman–Crippen LogP) is -0.313. The highest BCUT2D eigenvalue weighted by molar-refractivity contribution is 5.86. The van der Waals surface area contributed by atoms with Crippen LogP contribution in [0.1, 0.15) is 6.92 Å². The van der Waals surface area contributed by atoms with Gasteiger partial charge in [-0.15, -0.1) is 0 Å². The number of fused-ring (bicyclic) bond motifs is 1. The standard InChI is InChI=1S/C9H10N4O2/c1-2-13-7-6(5(10)3-4-11-7)8(14)12-9(13)15/h3-4H,2H2,1H3,(H2,10,11)(H,12,14,15). The Morgan fingerprint density at radius 3 is 2.93 bits per heavy atom. The molecule has 6 nitrogen and oxygen atoms in total. The van der Waals surface area contributed by atoms with Crippen LogP contribution in [0.25, 0.3) is 11.0 Å². The van der Waals surface area contributed by atoms with Crippen molar-refractivity contribution in [3.05, 3.63) is 33.1 Å². The van der Waals surface area contributed by atoms with Crippen LogP contribution in [0.4, 0.5) is 5.69 Å². The average Bonchev–Trinajstić information content (AvgIpc) is 2.17. The van der Waals surface area contributed by atoms with Gasteiger partial charge in [0, 0.05) is 18.4 Å². The number of pyridine rings is 1. The van der Waals surface area contributed by atoms with Crippen molar-refractivity contribution in [2.45, 2.75) is 13.5 Å². The van der Waals surface area contributed by atoms with E-state index in [0.717, 1.165) is 0 Å². The molecule has 0 radical (unpaired) electrons. The van der Waals surface area contributed by atoms with E-state index in [4.69, 9.17) is 5.73 Å². The maximum Gasteiger partial charge on any atom is 0.329 e. The zero-order chi connectivity index (χ0) is 11.0. The Balaban J connectivity index is 3.10. The van der Waals surface area contributed by atoms with Crippen molar-refractivity contribution in [1.29, 1.82) is 0 Å². The zero-order valence-electron chi connectivity index (χ0n) is 8.15. The summed E-state index contributed by atoms with van der Waals surface area (Å²) in [5.41, 5.74) is 5.34. The average molecular weight is 206 g/mol. The van der Waals surface area contributed by atoms with Crippen molar-refractivity contribution >= 4 is 16.7 Å². The maximum absolute atomic E-state index is 11.5. The lowest BCUT2D eigenvalue weighted by molar-refractivity contribution is 0.718. The fourth-order valence-corrected chi connectivity index (χ4v) is 1.52. The summed E-state index contributed by atoms with van der Waals surface area (Å²) >= 11 is 0. The van der Waals surface area contributed by atoms with E-state index in [2.05, 4.69) is 9.97 Å². The Labute approximate surface area is 84.4 Å². The van der Waals surface area contributed by atoms with Crippen molar-refractivity contribution in [2.24, 2.45) is 0 Å². The molecule has 6 heteroatoms. The first-order valence-corrected chi connectivity index (χ1v) is 4.52. The van der Waals surface area contributed by atoms with E-state index >= 15 is 0 Å². The predicted molar refractivity (Wildman–Crippen MR) is 56.7 cm³/mol. The summed E-state index contributed by atoms with van der Waals surface area (Å²) in [6, 6.07) is 1.53. The molecule has 0 aliphatic heterocycles. The highest BCUT2D eigenvalue weighted by atomic mass is 16.2. The molecule has 2 aromatic rings. The number of rotatable bonds is 1. The highest BCUT2D eigenvalue weighted by Crippen LogP contribution is 2.11. The van der Waals surface area contributed by atoms with Gasteiger partial charge in [0.25, 0.3) is 5.56 Å². The lowest BCUT2D eigenvalue weighted by Crippen LogP contribution is -2.30. The Morgan fingerprint density at radius 2 is 2.27 bits per heavy atom. The zero-order valence-corrected chi connectivity index (χ0v) is 8.15. The van der Waals surface area contributed by atoms with E-state index in [9.17, 15) is 9.59 Å². The number of aromatic amines is 1. The second kappa shape index (κ2) is 3.23. The van der Waals surface area contributed by atoms with Crippen LogP contribution in [0.2, 0.25) is 0 Å². The van der Waals surface area contributed by atoms with Crippen LogP contribution in [0.3, 0.4) is 0 Å². The Bertz CT molecular complexity index is 626. The van der Waals surface area contributed by atoms with Gasteiger partial charge in [0.2, 0.25) is 0 Å². The van der Waals surface area contributed by atoms with Crippen LogP contribution in [-0.2, 0) is 6.54 Å². The minimum Gasteiger partial charge on any atom is -0.398 e. The summed E-state index contributed by atoms with van der Waals surface area (Å²) < 4.78 is 1.37. The van der Waals surface area contributed by atoms with Crippen molar-refractivity contribution in [1.82, 2.24) is 14.5 Å². The lowest BCUT2D eigenvalue weighted by atomic mass is 10.3. The first-order chi connectivity index (χ1) is 7.15. The topological polar surface area (TPSA) is 93.8 Å². The monoisotopic (exact) mass is 206 g/mol. The van der Waals surface area contributed by atoms with Crippen LogP contribution < -0.4 is 17.0 Å². The molecule has 0 aliphatic rings. The molecule has 0 saturated carbocycles. The van der Waals surface area contributed by atoms with Gasteiger partial charge < -0.3 is 5.73 Å². The molecule has 2 heterocycles. The Kier molecular flexibility index (Phi) is 2.03. The van der Waals surface area contributed by atoms with E-state index in [1.54, 1.807) is 6.92 Å². The van der Waals surface area contributed by atoms with Crippen LogP contribution in [-0.4, -0.2) is 14.5 Å². The number of nitrogens with one attached hydrogen (secondary N) is 1. The third kappa shape index (κ3) is 1.30. The van der Waals surface area contributed by atoms with Gasteiger partial charge in [-0.05, 0) is 13.0 Å². The summed E-state index contributed by atoms with van der Waals surface area (Å²) in [5.74, 6) is 0. The molecule has 0 unspecified atom stereocenters. The second-order valence-corrected chi connectivity index (χ2v) is 3.10. The third-order valence-corrected chi connectivity index (χ3v) is 2.23. The first-order valence-electron chi connectivity index (χ1n) is 4.52. The van der Waals surface area contributed by atoms with Gasteiger partial charge in [0.15, 0.2) is 5.65 Å². The van der Waals surface area contributed by atoms with E-state index in [1.807, 2.05) is 0 Å². The molecular formula is C9H10N4O2. The first kappa shape index (κ1) is 9.45. The van der Waals surface area contributed by atoms with E-state index < -0.39 is 11.2 Å². The van der Waals surface area contributed by atoms with Gasteiger partial charge in [0.05, 0.1) is 0 Å². The van der Waals surface area contributed by atoms with E-state index in [-0.39, 0.29) is 5.39 Å². The lowest BCUT2D eigenvalue weighted by Gasteiger charge is -2.06. The van der Waals surface area contributed by atoms with Gasteiger partial charge in [-0.25, -0.2) is 9.78 Å². The van der Waals surface area contributed by atoms with E-state index in [0.29, 0.717) is 17.9 Å². The van der Waals surface area contributed by atoms with Crippen molar-refractivity contribution < 1.29 is 0 Å². The summed E-state index contributed by atoms with van der Waals surface area (Å²) in [6.07, 6.45) is 1.47. The van der Waals surface area contributed by atoms with Gasteiger partial charge in [0.1, 0.15) is 5.39 Å². The summed E-state index contributed by atoms with van der Waals surface area (Å²) in [5, 5.41) is 0.263. The number of nitrogens with two attached hydrogens (primary N) is 1. The number of hydrogen-bond donors (Lipinski definition) is 2. The fourth-order valence-electron chi connectivity index (χ4n) is 1.52. The number of aryl methyl sites for hydroxylation is 1. The van der Waals surface area contributed by atoms with Crippen molar-refractivity contribution in [3.8, 4) is 0 Å².